The smallest absolute Gasteiger partial charge is 0.329 e. The Balaban J connectivity index is 2.31. The zero-order valence-electron chi connectivity index (χ0n) is 13.2. The third kappa shape index (κ3) is 3.71. The molecule has 1 aliphatic heterocycles. The first-order valence-corrected chi connectivity index (χ1v) is 6.95. The lowest BCUT2D eigenvalue weighted by Gasteiger charge is -2.15. The van der Waals surface area contributed by atoms with Gasteiger partial charge in [0.05, 0.1) is 12.0 Å². The minimum Gasteiger partial charge on any atom is -0.500 e. The zero-order valence-corrected chi connectivity index (χ0v) is 13.2. The fraction of sp³-hybridized carbons (Fsp3) is 0.188. The first-order chi connectivity index (χ1) is 11.7. The Morgan fingerprint density at radius 1 is 1.40 bits per heavy atom. The van der Waals surface area contributed by atoms with E-state index in [9.17, 15) is 29.6 Å². The summed E-state index contributed by atoms with van der Waals surface area (Å²) in [6, 6.07) is 2.28. The van der Waals surface area contributed by atoms with Crippen molar-refractivity contribution in [1.29, 1.82) is 0 Å². The van der Waals surface area contributed by atoms with Gasteiger partial charge >= 0.3 is 11.7 Å². The molecule has 130 valence electrons. The number of ketones is 2. The average molecular weight is 347 g/mol. The van der Waals surface area contributed by atoms with Crippen LogP contribution in [-0.2, 0) is 19.1 Å². The number of methoxy groups -OCH3 is 1. The Kier molecular flexibility index (Phi) is 4.97. The van der Waals surface area contributed by atoms with Gasteiger partial charge in [-0.3, -0.25) is 24.5 Å². The van der Waals surface area contributed by atoms with E-state index in [1.54, 1.807) is 0 Å². The molecule has 1 unspecified atom stereocenters. The topological polar surface area (TPSA) is 133 Å². The number of hydrogen-bond acceptors (Lipinski definition) is 8. The standard InChI is InChI=1S/C16H13NO8/c1-8-5-12(19)14(16(21)25-8)11(18)4-3-9-6-10(17(22)23)15(20)13(7-9)24-2/h3-7,14,20H,1-2H3. The normalized spacial score (nSPS) is 17.2. The fourth-order valence-corrected chi connectivity index (χ4v) is 2.18. The van der Waals surface area contributed by atoms with Gasteiger partial charge in [0, 0.05) is 12.1 Å². The van der Waals surface area contributed by atoms with E-state index < -0.39 is 39.8 Å². The predicted octanol–water partition coefficient (Wildman–Crippen LogP) is 1.54. The number of hydrogen-bond donors (Lipinski definition) is 1. The van der Waals surface area contributed by atoms with Crippen LogP contribution in [0.4, 0.5) is 5.69 Å². The van der Waals surface area contributed by atoms with Gasteiger partial charge in [-0.2, -0.15) is 0 Å². The Labute approximate surface area is 141 Å². The molecule has 0 aliphatic carbocycles. The number of nitrogens with zero attached hydrogens (tertiary/aromatic N) is 1. The maximum Gasteiger partial charge on any atom is 0.329 e. The Hall–Kier alpha value is -3.49. The molecule has 9 heteroatoms. The number of phenolic OH excluding ortho intramolecular Hbond substituents is 1. The van der Waals surface area contributed by atoms with Gasteiger partial charge < -0.3 is 14.6 Å². The minimum absolute atomic E-state index is 0.0990. The maximum atomic E-state index is 12.1. The van der Waals surface area contributed by atoms with Crippen LogP contribution in [0.3, 0.4) is 0 Å². The third-order valence-corrected chi connectivity index (χ3v) is 3.35. The molecule has 0 amide bonds. The van der Waals surface area contributed by atoms with Crippen molar-refractivity contribution in [3.63, 3.8) is 0 Å². The molecule has 1 aliphatic rings. The molecule has 25 heavy (non-hydrogen) atoms. The van der Waals surface area contributed by atoms with Crippen molar-refractivity contribution in [3.8, 4) is 11.5 Å². The van der Waals surface area contributed by atoms with Gasteiger partial charge in [-0.1, -0.05) is 6.08 Å². The SMILES string of the molecule is COc1cc(C=CC(=O)C2C(=O)C=C(C)OC2=O)cc([N+](=O)[O-])c1O. The van der Waals surface area contributed by atoms with E-state index in [0.29, 0.717) is 0 Å². The summed E-state index contributed by atoms with van der Waals surface area (Å²) in [5.74, 6) is -4.81. The van der Waals surface area contributed by atoms with Crippen molar-refractivity contribution in [2.75, 3.05) is 7.11 Å². The van der Waals surface area contributed by atoms with E-state index >= 15 is 0 Å². The summed E-state index contributed by atoms with van der Waals surface area (Å²) in [5, 5.41) is 20.6. The quantitative estimate of drug-likeness (QED) is 0.279. The Morgan fingerprint density at radius 2 is 2.08 bits per heavy atom. The van der Waals surface area contributed by atoms with Crippen LogP contribution in [0.1, 0.15) is 12.5 Å². The van der Waals surface area contributed by atoms with Gasteiger partial charge in [0.2, 0.25) is 5.75 Å². The van der Waals surface area contributed by atoms with Gasteiger partial charge in [-0.25, -0.2) is 0 Å². The summed E-state index contributed by atoms with van der Waals surface area (Å²) in [6.07, 6.45) is 3.16. The van der Waals surface area contributed by atoms with Gasteiger partial charge in [0.15, 0.2) is 23.2 Å². The second kappa shape index (κ2) is 6.95. The number of phenols is 1. The lowest BCUT2D eigenvalue weighted by atomic mass is 9.96. The summed E-state index contributed by atoms with van der Waals surface area (Å²) in [5.41, 5.74) is -0.448. The van der Waals surface area contributed by atoms with E-state index in [2.05, 4.69) is 0 Å². The van der Waals surface area contributed by atoms with Crippen LogP contribution in [-0.4, -0.2) is 34.7 Å². The van der Waals surface area contributed by atoms with Crippen molar-refractivity contribution >= 4 is 29.3 Å². The van der Waals surface area contributed by atoms with E-state index in [0.717, 1.165) is 18.2 Å². The van der Waals surface area contributed by atoms with Crippen molar-refractivity contribution in [2.45, 2.75) is 6.92 Å². The number of cyclic esters (lactones) is 1. The summed E-state index contributed by atoms with van der Waals surface area (Å²) in [6.45, 7) is 1.41. The molecule has 9 nitrogen and oxygen atoms in total. The maximum absolute atomic E-state index is 12.1. The molecule has 1 atom stereocenters. The van der Waals surface area contributed by atoms with E-state index in [4.69, 9.17) is 9.47 Å². The van der Waals surface area contributed by atoms with Gasteiger partial charge in [0.1, 0.15) is 5.76 Å². The van der Waals surface area contributed by atoms with Crippen LogP contribution in [0.25, 0.3) is 6.08 Å². The molecule has 0 spiro atoms. The van der Waals surface area contributed by atoms with Crippen LogP contribution < -0.4 is 4.74 Å². The summed E-state index contributed by atoms with van der Waals surface area (Å²) >= 11 is 0. The van der Waals surface area contributed by atoms with Crippen molar-refractivity contribution in [3.05, 3.63) is 45.7 Å². The summed E-state index contributed by atoms with van der Waals surface area (Å²) in [7, 11) is 1.21. The average Bonchev–Trinajstić information content (AvgIpc) is 2.52. The van der Waals surface area contributed by atoms with Crippen molar-refractivity contribution in [2.24, 2.45) is 5.92 Å². The zero-order chi connectivity index (χ0) is 18.7. The molecule has 0 radical (unpaired) electrons. The van der Waals surface area contributed by atoms with Gasteiger partial charge in [-0.05, 0) is 24.6 Å². The predicted molar refractivity (Wildman–Crippen MR) is 83.7 cm³/mol. The van der Waals surface area contributed by atoms with Gasteiger partial charge in [-0.15, -0.1) is 0 Å². The highest BCUT2D eigenvalue weighted by atomic mass is 16.6. The lowest BCUT2D eigenvalue weighted by Crippen LogP contribution is -2.34. The van der Waals surface area contributed by atoms with Crippen LogP contribution in [0.15, 0.2) is 30.0 Å². The lowest BCUT2D eigenvalue weighted by molar-refractivity contribution is -0.386. The number of carbonyl (C=O) groups is 3. The first kappa shape index (κ1) is 17.9. The van der Waals surface area contributed by atoms with Crippen LogP contribution in [0.2, 0.25) is 0 Å². The molecule has 1 aromatic carbocycles. The molecule has 0 saturated heterocycles. The number of nitro benzene ring substituents is 1. The highest BCUT2D eigenvalue weighted by molar-refractivity contribution is 6.25. The molecule has 1 heterocycles. The molecule has 0 fully saturated rings. The molecule has 2 rings (SSSR count). The van der Waals surface area contributed by atoms with Crippen LogP contribution in [0.5, 0.6) is 11.5 Å². The van der Waals surface area contributed by atoms with Crippen molar-refractivity contribution in [1.82, 2.24) is 0 Å². The number of nitro groups is 1. The number of benzene rings is 1. The van der Waals surface area contributed by atoms with E-state index in [1.807, 2.05) is 0 Å². The number of ether oxygens (including phenoxy) is 2. The molecule has 0 aromatic heterocycles. The number of aromatic hydroxyl groups is 1. The molecule has 0 bridgehead atoms. The number of allylic oxidation sites excluding steroid dienone is 3. The molecule has 1 N–H and O–H groups in total. The number of esters is 1. The number of rotatable bonds is 5. The Morgan fingerprint density at radius 3 is 2.64 bits per heavy atom. The second-order valence-electron chi connectivity index (χ2n) is 5.10. The van der Waals surface area contributed by atoms with Crippen LogP contribution in [0, 0.1) is 16.0 Å². The first-order valence-electron chi connectivity index (χ1n) is 6.95. The highest BCUT2D eigenvalue weighted by Crippen LogP contribution is 2.37. The highest BCUT2D eigenvalue weighted by Gasteiger charge is 2.36. The molecule has 0 saturated carbocycles. The van der Waals surface area contributed by atoms with Gasteiger partial charge in [0.25, 0.3) is 0 Å². The summed E-state index contributed by atoms with van der Waals surface area (Å²) < 4.78 is 9.59. The molecular weight excluding hydrogens is 334 g/mol. The van der Waals surface area contributed by atoms with Crippen LogP contribution >= 0.6 is 0 Å². The summed E-state index contributed by atoms with van der Waals surface area (Å²) in [4.78, 5) is 45.7. The molecule has 1 aromatic rings. The second-order valence-corrected chi connectivity index (χ2v) is 5.10. The largest absolute Gasteiger partial charge is 0.500 e. The monoisotopic (exact) mass is 347 g/mol. The minimum atomic E-state index is -1.60. The molecular formula is C16H13NO8. The van der Waals surface area contributed by atoms with E-state index in [-0.39, 0.29) is 17.1 Å². The van der Waals surface area contributed by atoms with Crippen molar-refractivity contribution < 1.29 is 33.9 Å². The Bertz CT molecular complexity index is 837. The third-order valence-electron chi connectivity index (χ3n) is 3.35. The fourth-order valence-electron chi connectivity index (χ4n) is 2.18. The number of carbonyl (C=O) groups excluding carboxylic acids is 3. The van der Waals surface area contributed by atoms with E-state index in [1.165, 1.54) is 26.2 Å².